The lowest BCUT2D eigenvalue weighted by Crippen LogP contribution is -2.19. The van der Waals surface area contributed by atoms with Gasteiger partial charge in [-0.05, 0) is 23.8 Å². The van der Waals surface area contributed by atoms with Gasteiger partial charge in [-0.3, -0.25) is 4.79 Å². The lowest BCUT2D eigenvalue weighted by atomic mass is 10.2. The fourth-order valence-electron chi connectivity index (χ4n) is 2.18. The second-order valence-electron chi connectivity index (χ2n) is 5.54. The zero-order valence-corrected chi connectivity index (χ0v) is 18.6. The van der Waals surface area contributed by atoms with Crippen molar-refractivity contribution in [3.8, 4) is 5.75 Å². The van der Waals surface area contributed by atoms with Gasteiger partial charge in [-0.15, -0.1) is 10.2 Å². The Hall–Kier alpha value is -2.07. The molecule has 1 N–H and O–H groups in total. The molecule has 10 heteroatoms. The van der Waals surface area contributed by atoms with Gasteiger partial charge in [0.25, 0.3) is 5.91 Å². The molecule has 0 unspecified atom stereocenters. The van der Waals surface area contributed by atoms with Crippen LogP contribution in [0, 0.1) is 0 Å². The largest absolute Gasteiger partial charge is 0.496 e. The van der Waals surface area contributed by atoms with Crippen LogP contribution in [0.25, 0.3) is 0 Å². The van der Waals surface area contributed by atoms with Crippen LogP contribution in [0.15, 0.2) is 62.3 Å². The maximum Gasteiger partial charge on any atom is 0.250 e. The number of carbonyl (C=O) groups is 1. The SMILES string of the molecule is COc1ccccc1C=NNC(=O)CSc1nnc(SCc2ccccc2Cl)s1. The maximum absolute atomic E-state index is 12.0. The lowest BCUT2D eigenvalue weighted by Gasteiger charge is -2.03. The second kappa shape index (κ2) is 11.2. The van der Waals surface area contributed by atoms with Crippen molar-refractivity contribution in [2.24, 2.45) is 5.10 Å². The van der Waals surface area contributed by atoms with Crippen molar-refractivity contribution in [2.45, 2.75) is 14.4 Å². The summed E-state index contributed by atoms with van der Waals surface area (Å²) in [5.41, 5.74) is 4.34. The van der Waals surface area contributed by atoms with Gasteiger partial charge in [0.05, 0.1) is 19.1 Å². The number of para-hydroxylation sites is 1. The van der Waals surface area contributed by atoms with E-state index in [-0.39, 0.29) is 11.7 Å². The quantitative estimate of drug-likeness (QED) is 0.280. The number of benzene rings is 2. The van der Waals surface area contributed by atoms with Gasteiger partial charge < -0.3 is 4.74 Å². The zero-order chi connectivity index (χ0) is 20.5. The molecular weight excluding hydrogens is 448 g/mol. The number of ether oxygens (including phenoxy) is 1. The third-order valence-corrected chi connectivity index (χ3v) is 7.16. The number of hydrogen-bond acceptors (Lipinski definition) is 8. The first-order valence-electron chi connectivity index (χ1n) is 8.43. The fraction of sp³-hybridized carbons (Fsp3) is 0.158. The van der Waals surface area contributed by atoms with E-state index in [1.807, 2.05) is 48.5 Å². The van der Waals surface area contributed by atoms with Crippen LogP contribution in [0.1, 0.15) is 11.1 Å². The predicted octanol–water partition coefficient (Wildman–Crippen LogP) is 4.73. The third kappa shape index (κ3) is 6.74. The van der Waals surface area contributed by atoms with Gasteiger partial charge in [0.2, 0.25) is 0 Å². The van der Waals surface area contributed by atoms with Crippen LogP contribution in [0.5, 0.6) is 5.75 Å². The van der Waals surface area contributed by atoms with Gasteiger partial charge in [0, 0.05) is 16.3 Å². The standard InChI is InChI=1S/C19H17ClN4O2S3/c1-26-16-9-5-3-6-13(16)10-21-22-17(25)12-28-19-24-23-18(29-19)27-11-14-7-2-4-8-15(14)20/h2-10H,11-12H2,1H3,(H,22,25). The minimum atomic E-state index is -0.221. The molecule has 3 rings (SSSR count). The van der Waals surface area contributed by atoms with Crippen LogP contribution in [-0.2, 0) is 10.5 Å². The smallest absolute Gasteiger partial charge is 0.250 e. The summed E-state index contributed by atoms with van der Waals surface area (Å²) in [4.78, 5) is 12.0. The number of nitrogens with one attached hydrogen (secondary N) is 1. The van der Waals surface area contributed by atoms with E-state index in [0.717, 1.165) is 30.6 Å². The molecule has 0 fully saturated rings. The van der Waals surface area contributed by atoms with Crippen molar-refractivity contribution < 1.29 is 9.53 Å². The highest BCUT2D eigenvalue weighted by Crippen LogP contribution is 2.32. The summed E-state index contributed by atoms with van der Waals surface area (Å²) < 4.78 is 6.80. The topological polar surface area (TPSA) is 76.5 Å². The van der Waals surface area contributed by atoms with Gasteiger partial charge in [-0.1, -0.05) is 76.8 Å². The van der Waals surface area contributed by atoms with Crippen molar-refractivity contribution in [3.63, 3.8) is 0 Å². The summed E-state index contributed by atoms with van der Waals surface area (Å²) in [5, 5.41) is 13.0. The highest BCUT2D eigenvalue weighted by atomic mass is 35.5. The number of hydrazone groups is 1. The molecule has 150 valence electrons. The van der Waals surface area contributed by atoms with Crippen LogP contribution >= 0.6 is 46.5 Å². The summed E-state index contributed by atoms with van der Waals surface area (Å²) in [7, 11) is 1.59. The van der Waals surface area contributed by atoms with Crippen LogP contribution in [-0.4, -0.2) is 35.2 Å². The van der Waals surface area contributed by atoms with Crippen LogP contribution in [0.2, 0.25) is 5.02 Å². The molecule has 3 aromatic rings. The second-order valence-corrected chi connectivity index (χ2v) is 9.37. The lowest BCUT2D eigenvalue weighted by molar-refractivity contribution is -0.118. The Morgan fingerprint density at radius 3 is 2.69 bits per heavy atom. The predicted molar refractivity (Wildman–Crippen MR) is 120 cm³/mol. The molecule has 0 aliphatic carbocycles. The molecule has 1 aromatic heterocycles. The first-order chi connectivity index (χ1) is 14.2. The number of thioether (sulfide) groups is 2. The molecule has 6 nitrogen and oxygen atoms in total. The van der Waals surface area contributed by atoms with E-state index in [1.54, 1.807) is 25.1 Å². The van der Waals surface area contributed by atoms with Gasteiger partial charge in [0.1, 0.15) is 5.75 Å². The molecule has 0 radical (unpaired) electrons. The Balaban J connectivity index is 1.44. The molecule has 0 spiro atoms. The number of carbonyl (C=O) groups excluding carboxylic acids is 1. The molecule has 0 bridgehead atoms. The third-order valence-electron chi connectivity index (χ3n) is 3.56. The monoisotopic (exact) mass is 464 g/mol. The van der Waals surface area contributed by atoms with Gasteiger partial charge in [-0.25, -0.2) is 5.43 Å². The molecule has 2 aromatic carbocycles. The molecule has 0 aliphatic rings. The van der Waals surface area contributed by atoms with Crippen molar-refractivity contribution in [3.05, 3.63) is 64.7 Å². The average Bonchev–Trinajstić information content (AvgIpc) is 3.20. The van der Waals surface area contributed by atoms with Crippen molar-refractivity contribution in [2.75, 3.05) is 12.9 Å². The van der Waals surface area contributed by atoms with Gasteiger partial charge in [0.15, 0.2) is 8.68 Å². The van der Waals surface area contributed by atoms with Gasteiger partial charge >= 0.3 is 0 Å². The molecule has 0 aliphatic heterocycles. The van der Waals surface area contributed by atoms with E-state index in [4.69, 9.17) is 16.3 Å². The van der Waals surface area contributed by atoms with E-state index in [9.17, 15) is 4.79 Å². The summed E-state index contributed by atoms with van der Waals surface area (Å²) in [5.74, 6) is 1.39. The van der Waals surface area contributed by atoms with E-state index in [0.29, 0.717) is 5.75 Å². The molecule has 0 atom stereocenters. The molecule has 1 heterocycles. The first-order valence-corrected chi connectivity index (χ1v) is 11.6. The van der Waals surface area contributed by atoms with E-state index >= 15 is 0 Å². The summed E-state index contributed by atoms with van der Waals surface area (Å²) in [6.45, 7) is 0. The summed E-state index contributed by atoms with van der Waals surface area (Å²) >= 11 is 10.5. The Labute approximate surface area is 186 Å². The molecule has 0 saturated heterocycles. The normalized spacial score (nSPS) is 11.0. The number of amides is 1. The number of nitrogens with zero attached hydrogens (tertiary/aromatic N) is 3. The minimum absolute atomic E-state index is 0.201. The Morgan fingerprint density at radius 1 is 1.17 bits per heavy atom. The number of methoxy groups -OCH3 is 1. The number of hydrogen-bond donors (Lipinski definition) is 1. The van der Waals surface area contributed by atoms with Crippen LogP contribution < -0.4 is 10.2 Å². The summed E-state index contributed by atoms with van der Waals surface area (Å²) in [6.07, 6.45) is 1.55. The number of rotatable bonds is 9. The van der Waals surface area contributed by atoms with E-state index in [2.05, 4.69) is 20.7 Å². The van der Waals surface area contributed by atoms with Crippen LogP contribution in [0.4, 0.5) is 0 Å². The minimum Gasteiger partial charge on any atom is -0.496 e. The average molecular weight is 465 g/mol. The molecule has 1 amide bonds. The zero-order valence-electron chi connectivity index (χ0n) is 15.4. The Bertz CT molecular complexity index is 997. The fourth-order valence-corrected chi connectivity index (χ4v) is 5.27. The number of halogens is 1. The first kappa shape index (κ1) is 21.6. The maximum atomic E-state index is 12.0. The van der Waals surface area contributed by atoms with Crippen LogP contribution in [0.3, 0.4) is 0 Å². The van der Waals surface area contributed by atoms with Crippen molar-refractivity contribution >= 4 is 58.6 Å². The molecule has 29 heavy (non-hydrogen) atoms. The molecule has 0 saturated carbocycles. The molecular formula is C19H17ClN4O2S3. The summed E-state index contributed by atoms with van der Waals surface area (Å²) in [6, 6.07) is 15.1. The van der Waals surface area contributed by atoms with E-state index in [1.165, 1.54) is 23.1 Å². The van der Waals surface area contributed by atoms with Crippen molar-refractivity contribution in [1.82, 2.24) is 15.6 Å². The highest BCUT2D eigenvalue weighted by molar-refractivity contribution is 8.03. The Kier molecular flexibility index (Phi) is 8.36. The Morgan fingerprint density at radius 2 is 1.90 bits per heavy atom. The highest BCUT2D eigenvalue weighted by Gasteiger charge is 2.09. The van der Waals surface area contributed by atoms with E-state index < -0.39 is 0 Å². The van der Waals surface area contributed by atoms with Crippen molar-refractivity contribution in [1.29, 1.82) is 0 Å². The number of aromatic nitrogens is 2. The van der Waals surface area contributed by atoms with Gasteiger partial charge in [-0.2, -0.15) is 5.10 Å².